The molecule has 114 valence electrons. The standard InChI is InChI=1S/C16H23N3O2/c1-13(20)19-8-5-14(6-9-19)10-16(21)18(2)12-15-4-3-7-17-11-15/h3-4,7,11,14H,5-6,8-10,12H2,1-2H3. The zero-order valence-electron chi connectivity index (χ0n) is 12.8. The van der Waals surface area contributed by atoms with Crippen LogP contribution in [0.2, 0.25) is 0 Å². The van der Waals surface area contributed by atoms with Gasteiger partial charge in [0.15, 0.2) is 0 Å². The molecule has 5 heteroatoms. The van der Waals surface area contributed by atoms with Crippen LogP contribution in [0.5, 0.6) is 0 Å². The Bertz CT molecular complexity index is 482. The molecule has 5 nitrogen and oxygen atoms in total. The number of hydrogen-bond donors (Lipinski definition) is 0. The molecule has 0 aromatic carbocycles. The third-order valence-corrected chi connectivity index (χ3v) is 4.09. The maximum absolute atomic E-state index is 12.3. The van der Waals surface area contributed by atoms with Crippen molar-refractivity contribution in [1.82, 2.24) is 14.8 Å². The second-order valence-corrected chi connectivity index (χ2v) is 5.76. The number of pyridine rings is 1. The summed E-state index contributed by atoms with van der Waals surface area (Å²) in [6, 6.07) is 3.85. The van der Waals surface area contributed by atoms with Gasteiger partial charge in [0, 0.05) is 52.4 Å². The topological polar surface area (TPSA) is 53.5 Å². The fourth-order valence-electron chi connectivity index (χ4n) is 2.71. The van der Waals surface area contributed by atoms with Crippen molar-refractivity contribution in [2.75, 3.05) is 20.1 Å². The zero-order valence-corrected chi connectivity index (χ0v) is 12.8. The van der Waals surface area contributed by atoms with E-state index < -0.39 is 0 Å². The van der Waals surface area contributed by atoms with E-state index in [1.54, 1.807) is 24.2 Å². The lowest BCUT2D eigenvalue weighted by Gasteiger charge is -2.31. The number of hydrogen-bond acceptors (Lipinski definition) is 3. The number of rotatable bonds is 4. The quantitative estimate of drug-likeness (QED) is 0.847. The van der Waals surface area contributed by atoms with Gasteiger partial charge in [-0.3, -0.25) is 14.6 Å². The summed E-state index contributed by atoms with van der Waals surface area (Å²) >= 11 is 0. The Hall–Kier alpha value is -1.91. The highest BCUT2D eigenvalue weighted by Crippen LogP contribution is 2.21. The van der Waals surface area contributed by atoms with Crippen LogP contribution < -0.4 is 0 Å². The first-order chi connectivity index (χ1) is 10.1. The summed E-state index contributed by atoms with van der Waals surface area (Å²) in [6.07, 6.45) is 5.93. The summed E-state index contributed by atoms with van der Waals surface area (Å²) in [4.78, 5) is 31.2. The van der Waals surface area contributed by atoms with Gasteiger partial charge in [-0.15, -0.1) is 0 Å². The molecule has 1 aliphatic heterocycles. The van der Waals surface area contributed by atoms with Crippen molar-refractivity contribution in [1.29, 1.82) is 0 Å². The summed E-state index contributed by atoms with van der Waals surface area (Å²) in [7, 11) is 1.83. The first kappa shape index (κ1) is 15.5. The Morgan fingerprint density at radius 3 is 2.67 bits per heavy atom. The van der Waals surface area contributed by atoms with Crippen molar-refractivity contribution in [3.63, 3.8) is 0 Å². The molecule has 2 heterocycles. The number of likely N-dealkylation sites (tertiary alicyclic amines) is 1. The van der Waals surface area contributed by atoms with Crippen LogP contribution in [0.3, 0.4) is 0 Å². The summed E-state index contributed by atoms with van der Waals surface area (Å²) in [5, 5.41) is 0. The van der Waals surface area contributed by atoms with Gasteiger partial charge in [-0.05, 0) is 30.4 Å². The predicted molar refractivity (Wildman–Crippen MR) is 80.3 cm³/mol. The van der Waals surface area contributed by atoms with E-state index in [1.165, 1.54) is 0 Å². The third kappa shape index (κ3) is 4.55. The smallest absolute Gasteiger partial charge is 0.222 e. The SMILES string of the molecule is CC(=O)N1CCC(CC(=O)N(C)Cc2cccnc2)CC1. The van der Waals surface area contributed by atoms with Gasteiger partial charge < -0.3 is 9.80 Å². The fraction of sp³-hybridized carbons (Fsp3) is 0.562. The van der Waals surface area contributed by atoms with E-state index in [2.05, 4.69) is 4.98 Å². The van der Waals surface area contributed by atoms with Gasteiger partial charge in [0.2, 0.25) is 11.8 Å². The lowest BCUT2D eigenvalue weighted by molar-refractivity contribution is -0.132. The summed E-state index contributed by atoms with van der Waals surface area (Å²) < 4.78 is 0. The molecule has 0 spiro atoms. The molecular weight excluding hydrogens is 266 g/mol. The highest BCUT2D eigenvalue weighted by Gasteiger charge is 2.23. The van der Waals surface area contributed by atoms with Crippen LogP contribution in [0, 0.1) is 5.92 Å². The number of carbonyl (C=O) groups is 2. The van der Waals surface area contributed by atoms with Gasteiger partial charge in [0.1, 0.15) is 0 Å². The fourth-order valence-corrected chi connectivity index (χ4v) is 2.71. The molecule has 0 unspecified atom stereocenters. The van der Waals surface area contributed by atoms with Crippen molar-refractivity contribution in [3.8, 4) is 0 Å². The van der Waals surface area contributed by atoms with Crippen molar-refractivity contribution >= 4 is 11.8 Å². The van der Waals surface area contributed by atoms with E-state index in [-0.39, 0.29) is 11.8 Å². The van der Waals surface area contributed by atoms with E-state index in [0.29, 0.717) is 18.9 Å². The molecule has 0 atom stereocenters. The zero-order chi connectivity index (χ0) is 15.2. The minimum Gasteiger partial charge on any atom is -0.343 e. The maximum atomic E-state index is 12.3. The molecule has 1 aliphatic rings. The van der Waals surface area contributed by atoms with Gasteiger partial charge in [-0.25, -0.2) is 0 Å². The minimum absolute atomic E-state index is 0.133. The van der Waals surface area contributed by atoms with Crippen molar-refractivity contribution in [3.05, 3.63) is 30.1 Å². The Balaban J connectivity index is 1.78. The van der Waals surface area contributed by atoms with E-state index in [4.69, 9.17) is 0 Å². The summed E-state index contributed by atoms with van der Waals surface area (Å²) in [6.45, 7) is 3.76. The first-order valence-electron chi connectivity index (χ1n) is 7.44. The molecule has 1 aromatic rings. The van der Waals surface area contributed by atoms with Crippen LogP contribution in [0.25, 0.3) is 0 Å². The van der Waals surface area contributed by atoms with Gasteiger partial charge in [-0.1, -0.05) is 6.07 Å². The van der Waals surface area contributed by atoms with Gasteiger partial charge in [-0.2, -0.15) is 0 Å². The van der Waals surface area contributed by atoms with Crippen LogP contribution in [0.15, 0.2) is 24.5 Å². The van der Waals surface area contributed by atoms with Crippen molar-refractivity contribution in [2.24, 2.45) is 5.92 Å². The molecule has 0 radical (unpaired) electrons. The Kier molecular flexibility index (Phi) is 5.31. The Labute approximate surface area is 126 Å². The number of carbonyl (C=O) groups excluding carboxylic acids is 2. The predicted octanol–water partition coefficient (Wildman–Crippen LogP) is 1.69. The number of piperidine rings is 1. The normalized spacial score (nSPS) is 15.8. The van der Waals surface area contributed by atoms with E-state index in [9.17, 15) is 9.59 Å². The average Bonchev–Trinajstić information content (AvgIpc) is 2.48. The van der Waals surface area contributed by atoms with Gasteiger partial charge >= 0.3 is 0 Å². The average molecular weight is 289 g/mol. The van der Waals surface area contributed by atoms with Crippen LogP contribution >= 0.6 is 0 Å². The number of amides is 2. The highest BCUT2D eigenvalue weighted by atomic mass is 16.2. The lowest BCUT2D eigenvalue weighted by atomic mass is 9.93. The molecule has 2 rings (SSSR count). The molecular formula is C16H23N3O2. The highest BCUT2D eigenvalue weighted by molar-refractivity contribution is 5.76. The molecule has 1 aromatic heterocycles. The molecule has 1 fully saturated rings. The largest absolute Gasteiger partial charge is 0.343 e. The monoisotopic (exact) mass is 289 g/mol. The second-order valence-electron chi connectivity index (χ2n) is 5.76. The van der Waals surface area contributed by atoms with Crippen LogP contribution in [0.4, 0.5) is 0 Å². The minimum atomic E-state index is 0.133. The number of nitrogens with zero attached hydrogens (tertiary/aromatic N) is 3. The van der Waals surface area contributed by atoms with E-state index >= 15 is 0 Å². The molecule has 0 aliphatic carbocycles. The van der Waals surface area contributed by atoms with Crippen LogP contribution in [0.1, 0.15) is 31.7 Å². The van der Waals surface area contributed by atoms with E-state index in [1.807, 2.05) is 24.1 Å². The Morgan fingerprint density at radius 2 is 2.10 bits per heavy atom. The Morgan fingerprint density at radius 1 is 1.38 bits per heavy atom. The lowest BCUT2D eigenvalue weighted by Crippen LogP contribution is -2.38. The summed E-state index contributed by atoms with van der Waals surface area (Å²) in [5.74, 6) is 0.693. The molecule has 1 saturated heterocycles. The molecule has 0 saturated carbocycles. The van der Waals surface area contributed by atoms with Crippen molar-refractivity contribution in [2.45, 2.75) is 32.7 Å². The maximum Gasteiger partial charge on any atom is 0.222 e. The second kappa shape index (κ2) is 7.20. The molecule has 2 amide bonds. The van der Waals surface area contributed by atoms with Crippen molar-refractivity contribution < 1.29 is 9.59 Å². The van der Waals surface area contributed by atoms with Gasteiger partial charge in [0.25, 0.3) is 0 Å². The van der Waals surface area contributed by atoms with Gasteiger partial charge in [0.05, 0.1) is 0 Å². The first-order valence-corrected chi connectivity index (χ1v) is 7.44. The van der Waals surface area contributed by atoms with E-state index in [0.717, 1.165) is 31.5 Å². The third-order valence-electron chi connectivity index (χ3n) is 4.09. The molecule has 0 N–H and O–H groups in total. The van der Waals surface area contributed by atoms with Crippen LogP contribution in [-0.4, -0.2) is 46.7 Å². The number of aromatic nitrogens is 1. The van der Waals surface area contributed by atoms with Crippen LogP contribution in [-0.2, 0) is 16.1 Å². The summed E-state index contributed by atoms with van der Waals surface area (Å²) in [5.41, 5.74) is 1.04. The molecule has 0 bridgehead atoms. The molecule has 21 heavy (non-hydrogen) atoms.